The van der Waals surface area contributed by atoms with E-state index in [-0.39, 0.29) is 15.8 Å². The van der Waals surface area contributed by atoms with E-state index in [4.69, 9.17) is 23.2 Å². The minimum absolute atomic E-state index is 0.133. The van der Waals surface area contributed by atoms with Crippen LogP contribution in [0.25, 0.3) is 0 Å². The lowest BCUT2D eigenvalue weighted by atomic mass is 10.1. The van der Waals surface area contributed by atoms with Crippen molar-refractivity contribution in [3.05, 3.63) is 93.5 Å². The van der Waals surface area contributed by atoms with Gasteiger partial charge in [-0.3, -0.25) is 4.79 Å². The standard InChI is InChI=1S/C22H19Cl2N3O3S/c1-14-3-10-19(11-4-14)31(29,30)27-26-15(2)16-5-8-18(9-6-16)25-22(28)20-12-7-17(23)13-21(20)24/h3-13,27H,1-2H3,(H,25,28)/b26-15+. The molecule has 3 rings (SSSR count). The van der Waals surface area contributed by atoms with Crippen molar-refractivity contribution in [3.8, 4) is 0 Å². The van der Waals surface area contributed by atoms with Crippen LogP contribution in [0.4, 0.5) is 5.69 Å². The fraction of sp³-hybridized carbons (Fsp3) is 0.0909. The Morgan fingerprint density at radius 2 is 1.58 bits per heavy atom. The van der Waals surface area contributed by atoms with Gasteiger partial charge in [0.1, 0.15) is 0 Å². The molecule has 31 heavy (non-hydrogen) atoms. The summed E-state index contributed by atoms with van der Waals surface area (Å²) in [4.78, 5) is 14.8. The molecular formula is C22H19Cl2N3O3S. The van der Waals surface area contributed by atoms with E-state index in [1.54, 1.807) is 55.5 Å². The minimum atomic E-state index is -3.76. The molecule has 3 aromatic carbocycles. The Labute approximate surface area is 190 Å². The molecule has 0 atom stereocenters. The van der Waals surface area contributed by atoms with Crippen LogP contribution in [-0.2, 0) is 10.0 Å². The summed E-state index contributed by atoms with van der Waals surface area (Å²) in [5.41, 5.74) is 2.97. The van der Waals surface area contributed by atoms with E-state index in [0.29, 0.717) is 27.5 Å². The van der Waals surface area contributed by atoms with Crippen molar-refractivity contribution in [2.45, 2.75) is 18.7 Å². The number of anilines is 1. The summed E-state index contributed by atoms with van der Waals surface area (Å²) in [6.45, 7) is 3.56. The molecule has 0 unspecified atom stereocenters. The van der Waals surface area contributed by atoms with Gasteiger partial charge in [-0.05, 0) is 61.9 Å². The molecule has 2 N–H and O–H groups in total. The minimum Gasteiger partial charge on any atom is -0.322 e. The summed E-state index contributed by atoms with van der Waals surface area (Å²) in [5.74, 6) is -0.370. The molecular weight excluding hydrogens is 457 g/mol. The molecule has 0 aliphatic heterocycles. The lowest BCUT2D eigenvalue weighted by molar-refractivity contribution is 0.102. The van der Waals surface area contributed by atoms with Gasteiger partial charge in [0, 0.05) is 10.7 Å². The predicted molar refractivity (Wildman–Crippen MR) is 125 cm³/mol. The molecule has 0 bridgehead atoms. The zero-order valence-electron chi connectivity index (χ0n) is 16.7. The van der Waals surface area contributed by atoms with Crippen LogP contribution < -0.4 is 10.1 Å². The second-order valence-corrected chi connectivity index (χ2v) is 9.27. The number of hydrogen-bond donors (Lipinski definition) is 2. The summed E-state index contributed by atoms with van der Waals surface area (Å²) in [5, 5.41) is 7.43. The monoisotopic (exact) mass is 475 g/mol. The van der Waals surface area contributed by atoms with Gasteiger partial charge < -0.3 is 5.32 Å². The van der Waals surface area contributed by atoms with E-state index in [1.165, 1.54) is 18.2 Å². The Bertz CT molecular complexity index is 1240. The molecule has 6 nitrogen and oxygen atoms in total. The van der Waals surface area contributed by atoms with Crippen LogP contribution >= 0.6 is 23.2 Å². The van der Waals surface area contributed by atoms with Crippen molar-refractivity contribution < 1.29 is 13.2 Å². The molecule has 0 aliphatic rings. The molecule has 0 radical (unpaired) electrons. The molecule has 3 aromatic rings. The number of hydrazone groups is 1. The van der Waals surface area contributed by atoms with Gasteiger partial charge in [0.25, 0.3) is 15.9 Å². The van der Waals surface area contributed by atoms with E-state index in [0.717, 1.165) is 5.56 Å². The van der Waals surface area contributed by atoms with Crippen LogP contribution in [0.5, 0.6) is 0 Å². The smallest absolute Gasteiger partial charge is 0.276 e. The first-order valence-electron chi connectivity index (χ1n) is 9.15. The largest absolute Gasteiger partial charge is 0.322 e. The molecule has 0 aliphatic carbocycles. The highest BCUT2D eigenvalue weighted by Gasteiger charge is 2.13. The zero-order valence-corrected chi connectivity index (χ0v) is 19.0. The molecule has 160 valence electrons. The van der Waals surface area contributed by atoms with Gasteiger partial charge >= 0.3 is 0 Å². The third-order valence-electron chi connectivity index (χ3n) is 4.40. The van der Waals surface area contributed by atoms with E-state index >= 15 is 0 Å². The van der Waals surface area contributed by atoms with Gasteiger partial charge in [0.05, 0.1) is 21.2 Å². The summed E-state index contributed by atoms with van der Waals surface area (Å²) in [6.07, 6.45) is 0. The van der Waals surface area contributed by atoms with E-state index in [9.17, 15) is 13.2 Å². The number of amides is 1. The average Bonchev–Trinajstić information content (AvgIpc) is 2.73. The first kappa shape index (κ1) is 22.8. The van der Waals surface area contributed by atoms with Gasteiger partial charge in [-0.15, -0.1) is 0 Å². The quantitative estimate of drug-likeness (QED) is 0.376. The molecule has 9 heteroatoms. The first-order chi connectivity index (χ1) is 14.7. The van der Waals surface area contributed by atoms with Crippen molar-refractivity contribution >= 4 is 50.5 Å². The number of carbonyl (C=O) groups is 1. The molecule has 0 saturated carbocycles. The Balaban J connectivity index is 1.68. The van der Waals surface area contributed by atoms with Crippen molar-refractivity contribution in [1.82, 2.24) is 4.83 Å². The van der Waals surface area contributed by atoms with Gasteiger partial charge in [-0.1, -0.05) is 53.0 Å². The van der Waals surface area contributed by atoms with Crippen LogP contribution in [-0.4, -0.2) is 20.0 Å². The number of benzene rings is 3. The molecule has 0 spiro atoms. The van der Waals surface area contributed by atoms with E-state index < -0.39 is 10.0 Å². The number of sulfonamides is 1. The van der Waals surface area contributed by atoms with Crippen LogP contribution in [0, 0.1) is 6.92 Å². The Hall–Kier alpha value is -2.87. The number of rotatable bonds is 6. The summed E-state index contributed by atoms with van der Waals surface area (Å²) in [7, 11) is -3.76. The van der Waals surface area contributed by atoms with Crippen molar-refractivity contribution in [2.24, 2.45) is 5.10 Å². The number of halogens is 2. The van der Waals surface area contributed by atoms with E-state index in [2.05, 4.69) is 15.2 Å². The third-order valence-corrected chi connectivity index (χ3v) is 6.17. The van der Waals surface area contributed by atoms with Crippen molar-refractivity contribution in [2.75, 3.05) is 5.32 Å². The molecule has 0 saturated heterocycles. The zero-order chi connectivity index (χ0) is 22.6. The average molecular weight is 476 g/mol. The van der Waals surface area contributed by atoms with Gasteiger partial charge in [0.2, 0.25) is 0 Å². The molecule has 0 heterocycles. The maximum absolute atomic E-state index is 12.4. The predicted octanol–water partition coefficient (Wildman–Crippen LogP) is 5.26. The summed E-state index contributed by atoms with van der Waals surface area (Å²) >= 11 is 11.9. The fourth-order valence-corrected chi connectivity index (χ4v) is 3.98. The molecule has 1 amide bonds. The van der Waals surface area contributed by atoms with Crippen LogP contribution in [0.1, 0.15) is 28.4 Å². The van der Waals surface area contributed by atoms with Crippen molar-refractivity contribution in [1.29, 1.82) is 0 Å². The van der Waals surface area contributed by atoms with Crippen LogP contribution in [0.15, 0.2) is 76.7 Å². The number of aryl methyl sites for hydroxylation is 1. The topological polar surface area (TPSA) is 87.6 Å². The molecule has 0 fully saturated rings. The number of nitrogens with zero attached hydrogens (tertiary/aromatic N) is 1. The van der Waals surface area contributed by atoms with Crippen molar-refractivity contribution in [3.63, 3.8) is 0 Å². The summed E-state index contributed by atoms with van der Waals surface area (Å²) in [6, 6.07) is 17.9. The Kier molecular flexibility index (Phi) is 7.00. The highest BCUT2D eigenvalue weighted by Crippen LogP contribution is 2.22. The van der Waals surface area contributed by atoms with E-state index in [1.807, 2.05) is 6.92 Å². The van der Waals surface area contributed by atoms with Crippen LogP contribution in [0.2, 0.25) is 10.0 Å². The second kappa shape index (κ2) is 9.51. The fourth-order valence-electron chi connectivity index (χ4n) is 2.63. The number of hydrogen-bond acceptors (Lipinski definition) is 4. The maximum atomic E-state index is 12.4. The lowest BCUT2D eigenvalue weighted by Crippen LogP contribution is -2.20. The lowest BCUT2D eigenvalue weighted by Gasteiger charge is -2.09. The van der Waals surface area contributed by atoms with Gasteiger partial charge in [0.15, 0.2) is 0 Å². The summed E-state index contributed by atoms with van der Waals surface area (Å²) < 4.78 is 24.7. The van der Waals surface area contributed by atoms with Gasteiger partial charge in [-0.25, -0.2) is 0 Å². The highest BCUT2D eigenvalue weighted by atomic mass is 35.5. The van der Waals surface area contributed by atoms with Gasteiger partial charge in [-0.2, -0.15) is 18.4 Å². The Morgan fingerprint density at radius 1 is 0.935 bits per heavy atom. The second-order valence-electron chi connectivity index (χ2n) is 6.76. The SMILES string of the molecule is C/C(=N\NS(=O)(=O)c1ccc(C)cc1)c1ccc(NC(=O)c2ccc(Cl)cc2Cl)cc1. The maximum Gasteiger partial charge on any atom is 0.276 e. The molecule has 0 aromatic heterocycles. The third kappa shape index (κ3) is 5.85. The van der Waals surface area contributed by atoms with Crippen LogP contribution in [0.3, 0.4) is 0 Å². The normalized spacial score (nSPS) is 11.8. The highest BCUT2D eigenvalue weighted by molar-refractivity contribution is 7.89. The first-order valence-corrected chi connectivity index (χ1v) is 11.4. The number of nitrogens with one attached hydrogen (secondary N) is 2. The Morgan fingerprint density at radius 3 is 2.19 bits per heavy atom. The number of carbonyl (C=O) groups excluding carboxylic acids is 1.